The number of benzene rings is 1. The number of hydrogen-bond acceptors (Lipinski definition) is 3. The van der Waals surface area contributed by atoms with Gasteiger partial charge in [0, 0.05) is 32.2 Å². The minimum Gasteiger partial charge on any atom is -0.378 e. The van der Waals surface area contributed by atoms with E-state index in [1.807, 2.05) is 14.1 Å². The monoisotopic (exact) mass is 275 g/mol. The van der Waals surface area contributed by atoms with Crippen molar-refractivity contribution in [3.8, 4) is 0 Å². The van der Waals surface area contributed by atoms with E-state index in [0.717, 1.165) is 24.8 Å². The minimum absolute atomic E-state index is 0.112. The fourth-order valence-corrected chi connectivity index (χ4v) is 2.90. The zero-order valence-electron chi connectivity index (χ0n) is 12.4. The van der Waals surface area contributed by atoms with E-state index in [0.29, 0.717) is 19.0 Å². The lowest BCUT2D eigenvalue weighted by atomic mass is 9.95. The standard InChI is InChI=1S/C16H25N3O/c1-19(2)14-8-6-12(7-9-14)11-18-16(20)15-5-3-4-13(15)10-17/h6-9,13,15H,3-5,10-11,17H2,1-2H3,(H,18,20). The number of amides is 1. The number of carbonyl (C=O) groups is 1. The number of nitrogens with zero attached hydrogens (tertiary/aromatic N) is 1. The number of hydrogen-bond donors (Lipinski definition) is 2. The third-order valence-corrected chi connectivity index (χ3v) is 4.22. The summed E-state index contributed by atoms with van der Waals surface area (Å²) >= 11 is 0. The summed E-state index contributed by atoms with van der Waals surface area (Å²) in [5, 5.41) is 3.05. The lowest BCUT2D eigenvalue weighted by Gasteiger charge is -2.17. The van der Waals surface area contributed by atoms with Crippen LogP contribution in [0.25, 0.3) is 0 Å². The second-order valence-corrected chi connectivity index (χ2v) is 5.81. The third-order valence-electron chi connectivity index (χ3n) is 4.22. The van der Waals surface area contributed by atoms with Crippen LogP contribution in [0.3, 0.4) is 0 Å². The first-order valence-corrected chi connectivity index (χ1v) is 7.36. The summed E-state index contributed by atoms with van der Waals surface area (Å²) in [5.41, 5.74) is 8.03. The molecule has 0 bridgehead atoms. The van der Waals surface area contributed by atoms with Crippen LogP contribution in [0.15, 0.2) is 24.3 Å². The Labute approximate surface area is 121 Å². The summed E-state index contributed by atoms with van der Waals surface area (Å²) in [4.78, 5) is 14.3. The molecule has 0 aliphatic heterocycles. The quantitative estimate of drug-likeness (QED) is 0.860. The van der Waals surface area contributed by atoms with Crippen molar-refractivity contribution in [3.63, 3.8) is 0 Å². The molecule has 1 fully saturated rings. The number of rotatable bonds is 5. The lowest BCUT2D eigenvalue weighted by Crippen LogP contribution is -2.34. The maximum Gasteiger partial charge on any atom is 0.223 e. The highest BCUT2D eigenvalue weighted by atomic mass is 16.1. The van der Waals surface area contributed by atoms with Gasteiger partial charge in [-0.1, -0.05) is 18.6 Å². The van der Waals surface area contributed by atoms with E-state index in [9.17, 15) is 4.79 Å². The van der Waals surface area contributed by atoms with E-state index in [1.165, 1.54) is 5.69 Å². The van der Waals surface area contributed by atoms with Crippen molar-refractivity contribution in [1.29, 1.82) is 0 Å². The largest absolute Gasteiger partial charge is 0.378 e. The van der Waals surface area contributed by atoms with Crippen LogP contribution in [0.2, 0.25) is 0 Å². The van der Waals surface area contributed by atoms with Gasteiger partial charge in [0.25, 0.3) is 0 Å². The van der Waals surface area contributed by atoms with E-state index in [-0.39, 0.29) is 11.8 Å². The molecule has 4 nitrogen and oxygen atoms in total. The van der Waals surface area contributed by atoms with Crippen molar-refractivity contribution in [2.24, 2.45) is 17.6 Å². The van der Waals surface area contributed by atoms with Crippen molar-refractivity contribution >= 4 is 11.6 Å². The summed E-state index contributed by atoms with van der Waals surface area (Å²) < 4.78 is 0. The van der Waals surface area contributed by atoms with Gasteiger partial charge in [-0.2, -0.15) is 0 Å². The van der Waals surface area contributed by atoms with Gasteiger partial charge in [0.1, 0.15) is 0 Å². The minimum atomic E-state index is 0.112. The zero-order valence-corrected chi connectivity index (χ0v) is 12.4. The predicted octanol–water partition coefficient (Wildman–Crippen LogP) is 1.74. The molecule has 1 aromatic rings. The predicted molar refractivity (Wildman–Crippen MR) is 82.5 cm³/mol. The van der Waals surface area contributed by atoms with Crippen LogP contribution >= 0.6 is 0 Å². The van der Waals surface area contributed by atoms with Crippen LogP contribution < -0.4 is 16.0 Å². The Morgan fingerprint density at radius 1 is 1.30 bits per heavy atom. The molecule has 1 saturated carbocycles. The highest BCUT2D eigenvalue weighted by molar-refractivity contribution is 5.79. The van der Waals surface area contributed by atoms with Gasteiger partial charge >= 0.3 is 0 Å². The molecule has 2 unspecified atom stereocenters. The molecule has 3 N–H and O–H groups in total. The molecule has 1 amide bonds. The van der Waals surface area contributed by atoms with E-state index < -0.39 is 0 Å². The Balaban J connectivity index is 1.87. The molecular weight excluding hydrogens is 250 g/mol. The zero-order chi connectivity index (χ0) is 14.5. The molecule has 110 valence electrons. The smallest absolute Gasteiger partial charge is 0.223 e. The summed E-state index contributed by atoms with van der Waals surface area (Å²) in [7, 11) is 4.04. The normalized spacial score (nSPS) is 21.8. The van der Waals surface area contributed by atoms with Crippen LogP contribution in [0.1, 0.15) is 24.8 Å². The molecule has 0 spiro atoms. The lowest BCUT2D eigenvalue weighted by molar-refractivity contribution is -0.126. The SMILES string of the molecule is CN(C)c1ccc(CNC(=O)C2CCCC2CN)cc1. The summed E-state index contributed by atoms with van der Waals surface area (Å²) in [6.45, 7) is 1.22. The molecule has 2 atom stereocenters. The first-order chi connectivity index (χ1) is 9.61. The van der Waals surface area contributed by atoms with E-state index in [2.05, 4.69) is 34.5 Å². The second kappa shape index (κ2) is 6.75. The Morgan fingerprint density at radius 2 is 2.00 bits per heavy atom. The Bertz CT molecular complexity index is 442. The molecule has 1 aliphatic rings. The summed E-state index contributed by atoms with van der Waals surface area (Å²) in [6, 6.07) is 8.26. The molecule has 0 radical (unpaired) electrons. The van der Waals surface area contributed by atoms with Crippen molar-refractivity contribution in [2.45, 2.75) is 25.8 Å². The summed E-state index contributed by atoms with van der Waals surface area (Å²) in [5.74, 6) is 0.641. The molecule has 1 aromatic carbocycles. The highest BCUT2D eigenvalue weighted by Crippen LogP contribution is 2.31. The molecule has 0 aromatic heterocycles. The number of nitrogens with one attached hydrogen (secondary N) is 1. The third kappa shape index (κ3) is 3.51. The first-order valence-electron chi connectivity index (χ1n) is 7.36. The molecule has 1 aliphatic carbocycles. The van der Waals surface area contributed by atoms with Crippen LogP contribution in [0.5, 0.6) is 0 Å². The molecule has 0 heterocycles. The maximum atomic E-state index is 12.2. The molecule has 2 rings (SSSR count). The van der Waals surface area contributed by atoms with Crippen LogP contribution in [0, 0.1) is 11.8 Å². The molecular formula is C16H25N3O. The van der Waals surface area contributed by atoms with Gasteiger partial charge < -0.3 is 16.0 Å². The number of anilines is 1. The maximum absolute atomic E-state index is 12.2. The Kier molecular flexibility index (Phi) is 5.01. The van der Waals surface area contributed by atoms with Gasteiger partial charge in [0.15, 0.2) is 0 Å². The fourth-order valence-electron chi connectivity index (χ4n) is 2.90. The number of nitrogens with two attached hydrogens (primary N) is 1. The Morgan fingerprint density at radius 3 is 2.60 bits per heavy atom. The average Bonchev–Trinajstić information content (AvgIpc) is 2.93. The van der Waals surface area contributed by atoms with Crippen molar-refractivity contribution < 1.29 is 4.79 Å². The molecule has 4 heteroatoms. The van der Waals surface area contributed by atoms with Gasteiger partial charge in [-0.3, -0.25) is 4.79 Å². The highest BCUT2D eigenvalue weighted by Gasteiger charge is 2.31. The molecule has 0 saturated heterocycles. The fraction of sp³-hybridized carbons (Fsp3) is 0.562. The van der Waals surface area contributed by atoms with Gasteiger partial charge in [0.2, 0.25) is 5.91 Å². The molecule has 20 heavy (non-hydrogen) atoms. The topological polar surface area (TPSA) is 58.4 Å². The average molecular weight is 275 g/mol. The van der Waals surface area contributed by atoms with Gasteiger partial charge in [0.05, 0.1) is 0 Å². The van der Waals surface area contributed by atoms with Crippen LogP contribution in [-0.2, 0) is 11.3 Å². The van der Waals surface area contributed by atoms with Gasteiger partial charge in [-0.25, -0.2) is 0 Å². The number of carbonyl (C=O) groups excluding carboxylic acids is 1. The first kappa shape index (κ1) is 14.9. The van der Waals surface area contributed by atoms with E-state index in [1.54, 1.807) is 0 Å². The summed E-state index contributed by atoms with van der Waals surface area (Å²) in [6.07, 6.45) is 3.19. The van der Waals surface area contributed by atoms with Crippen molar-refractivity contribution in [2.75, 3.05) is 25.5 Å². The second-order valence-electron chi connectivity index (χ2n) is 5.81. The van der Waals surface area contributed by atoms with Crippen molar-refractivity contribution in [1.82, 2.24) is 5.32 Å². The Hall–Kier alpha value is -1.55. The van der Waals surface area contributed by atoms with Gasteiger partial charge in [-0.05, 0) is 43.0 Å². The van der Waals surface area contributed by atoms with Crippen LogP contribution in [-0.4, -0.2) is 26.5 Å². The van der Waals surface area contributed by atoms with Gasteiger partial charge in [-0.15, -0.1) is 0 Å². The van der Waals surface area contributed by atoms with E-state index in [4.69, 9.17) is 5.73 Å². The van der Waals surface area contributed by atoms with Crippen LogP contribution in [0.4, 0.5) is 5.69 Å². The van der Waals surface area contributed by atoms with E-state index >= 15 is 0 Å². The van der Waals surface area contributed by atoms with Crippen molar-refractivity contribution in [3.05, 3.63) is 29.8 Å².